The number of nitrogens with zero attached hydrogens (tertiary/aromatic N) is 1. The van der Waals surface area contributed by atoms with Crippen molar-refractivity contribution >= 4 is 17.1 Å². The number of Topliss-reactive ketones (excluding diaryl/α,β-unsaturated/α-hetero) is 1. The van der Waals surface area contributed by atoms with Crippen LogP contribution >= 0.6 is 11.3 Å². The number of ketones is 1. The van der Waals surface area contributed by atoms with E-state index in [0.717, 1.165) is 41.5 Å². The molecule has 0 aromatic carbocycles. The Morgan fingerprint density at radius 1 is 1.53 bits per heavy atom. The molecule has 0 radical (unpaired) electrons. The SMILES string of the molecule is Cc1nc(CC(=O)C2=CCC(C)CC2)sc1C. The van der Waals surface area contributed by atoms with Gasteiger partial charge in [-0.3, -0.25) is 4.79 Å². The third-order valence-corrected chi connectivity index (χ3v) is 4.49. The first kappa shape index (κ1) is 12.5. The van der Waals surface area contributed by atoms with E-state index in [1.807, 2.05) is 6.92 Å². The van der Waals surface area contributed by atoms with Crippen LogP contribution < -0.4 is 0 Å². The van der Waals surface area contributed by atoms with E-state index in [1.54, 1.807) is 11.3 Å². The smallest absolute Gasteiger partial charge is 0.165 e. The van der Waals surface area contributed by atoms with E-state index in [2.05, 4.69) is 24.9 Å². The minimum absolute atomic E-state index is 0.269. The van der Waals surface area contributed by atoms with Crippen molar-refractivity contribution in [3.05, 3.63) is 27.2 Å². The Hall–Kier alpha value is -0.960. The van der Waals surface area contributed by atoms with Crippen LogP contribution in [0.4, 0.5) is 0 Å². The third kappa shape index (κ3) is 3.03. The van der Waals surface area contributed by atoms with Crippen molar-refractivity contribution < 1.29 is 4.79 Å². The Bertz CT molecular complexity index is 439. The lowest BCUT2D eigenvalue weighted by Gasteiger charge is -2.16. The van der Waals surface area contributed by atoms with Crippen molar-refractivity contribution in [1.82, 2.24) is 4.98 Å². The summed E-state index contributed by atoms with van der Waals surface area (Å²) in [6, 6.07) is 0. The summed E-state index contributed by atoms with van der Waals surface area (Å²) in [6.45, 7) is 6.30. The number of aryl methyl sites for hydroxylation is 2. The second kappa shape index (κ2) is 5.13. The van der Waals surface area contributed by atoms with Crippen molar-refractivity contribution in [1.29, 1.82) is 0 Å². The van der Waals surface area contributed by atoms with Crippen LogP contribution in [0.3, 0.4) is 0 Å². The van der Waals surface area contributed by atoms with Gasteiger partial charge in [0.1, 0.15) is 5.01 Å². The predicted molar refractivity (Wildman–Crippen MR) is 71.4 cm³/mol. The highest BCUT2D eigenvalue weighted by molar-refractivity contribution is 7.11. The zero-order valence-corrected chi connectivity index (χ0v) is 11.6. The molecule has 0 spiro atoms. The number of rotatable bonds is 3. The van der Waals surface area contributed by atoms with Crippen LogP contribution in [0.15, 0.2) is 11.6 Å². The minimum Gasteiger partial charge on any atom is -0.294 e. The molecule has 0 saturated carbocycles. The molecule has 3 heteroatoms. The normalized spacial score (nSPS) is 20.2. The van der Waals surface area contributed by atoms with Crippen LogP contribution in [0, 0.1) is 19.8 Å². The lowest BCUT2D eigenvalue weighted by molar-refractivity contribution is -0.115. The Labute approximate surface area is 107 Å². The number of thiazole rings is 1. The van der Waals surface area contributed by atoms with Crippen LogP contribution in [-0.4, -0.2) is 10.8 Å². The summed E-state index contributed by atoms with van der Waals surface area (Å²) in [6.07, 6.45) is 5.76. The topological polar surface area (TPSA) is 30.0 Å². The van der Waals surface area contributed by atoms with Crippen LogP contribution in [0.25, 0.3) is 0 Å². The van der Waals surface area contributed by atoms with Gasteiger partial charge in [-0.15, -0.1) is 11.3 Å². The predicted octanol–water partition coefficient (Wildman–Crippen LogP) is 3.62. The minimum atomic E-state index is 0.269. The Morgan fingerprint density at radius 3 is 2.82 bits per heavy atom. The van der Waals surface area contributed by atoms with Gasteiger partial charge in [0, 0.05) is 4.88 Å². The van der Waals surface area contributed by atoms with E-state index in [9.17, 15) is 4.79 Å². The van der Waals surface area contributed by atoms with E-state index < -0.39 is 0 Å². The molecule has 2 nitrogen and oxygen atoms in total. The molecule has 0 N–H and O–H groups in total. The standard InChI is InChI=1S/C14H19NOS/c1-9-4-6-12(7-5-9)13(16)8-14-15-10(2)11(3)17-14/h6,9H,4-5,7-8H2,1-3H3. The van der Waals surface area contributed by atoms with Crippen LogP contribution in [0.2, 0.25) is 0 Å². The van der Waals surface area contributed by atoms with Gasteiger partial charge in [-0.25, -0.2) is 4.98 Å². The van der Waals surface area contributed by atoms with E-state index in [0.29, 0.717) is 6.42 Å². The number of hydrogen-bond acceptors (Lipinski definition) is 3. The number of carbonyl (C=O) groups is 1. The van der Waals surface area contributed by atoms with Crippen molar-refractivity contribution in [2.24, 2.45) is 5.92 Å². The third-order valence-electron chi connectivity index (χ3n) is 3.42. The average molecular weight is 249 g/mol. The van der Waals surface area contributed by atoms with Gasteiger partial charge < -0.3 is 0 Å². The van der Waals surface area contributed by atoms with Gasteiger partial charge >= 0.3 is 0 Å². The zero-order valence-electron chi connectivity index (χ0n) is 10.7. The van der Waals surface area contributed by atoms with Gasteiger partial charge in [-0.2, -0.15) is 0 Å². The Kier molecular flexibility index (Phi) is 3.77. The van der Waals surface area contributed by atoms with Gasteiger partial charge in [0.15, 0.2) is 5.78 Å². The van der Waals surface area contributed by atoms with Gasteiger partial charge in [0.2, 0.25) is 0 Å². The van der Waals surface area contributed by atoms with Crippen LogP contribution in [0.5, 0.6) is 0 Å². The summed E-state index contributed by atoms with van der Waals surface area (Å²) in [7, 11) is 0. The Balaban J connectivity index is 2.02. The van der Waals surface area contributed by atoms with Gasteiger partial charge in [-0.05, 0) is 44.6 Å². The lowest BCUT2D eigenvalue weighted by atomic mass is 9.88. The second-order valence-electron chi connectivity index (χ2n) is 4.96. The molecule has 1 aliphatic carbocycles. The number of aromatic nitrogens is 1. The van der Waals surface area contributed by atoms with E-state index in [1.165, 1.54) is 4.88 Å². The fraction of sp³-hybridized carbons (Fsp3) is 0.571. The molecule has 1 heterocycles. The maximum atomic E-state index is 12.1. The fourth-order valence-electron chi connectivity index (χ4n) is 2.08. The molecule has 1 aromatic heterocycles. The van der Waals surface area contributed by atoms with Gasteiger partial charge in [-0.1, -0.05) is 13.0 Å². The van der Waals surface area contributed by atoms with Crippen molar-refractivity contribution in [3.8, 4) is 0 Å². The molecule has 0 saturated heterocycles. The molecular formula is C14H19NOS. The summed E-state index contributed by atoms with van der Waals surface area (Å²) < 4.78 is 0. The number of hydrogen-bond donors (Lipinski definition) is 0. The summed E-state index contributed by atoms with van der Waals surface area (Å²) in [5.41, 5.74) is 2.08. The van der Waals surface area contributed by atoms with Crippen molar-refractivity contribution in [2.45, 2.75) is 46.5 Å². The first-order chi connectivity index (χ1) is 8.06. The molecule has 1 atom stereocenters. The van der Waals surface area contributed by atoms with E-state index in [-0.39, 0.29) is 5.78 Å². The average Bonchev–Trinajstić information content (AvgIpc) is 2.58. The summed E-state index contributed by atoms with van der Waals surface area (Å²) in [5, 5.41) is 0.963. The van der Waals surface area contributed by atoms with E-state index in [4.69, 9.17) is 0 Å². The molecule has 92 valence electrons. The van der Waals surface area contributed by atoms with Gasteiger partial charge in [0.25, 0.3) is 0 Å². The summed E-state index contributed by atoms with van der Waals surface area (Å²) in [4.78, 5) is 17.7. The number of carbonyl (C=O) groups excluding carboxylic acids is 1. The van der Waals surface area contributed by atoms with Crippen molar-refractivity contribution in [3.63, 3.8) is 0 Å². The molecule has 0 amide bonds. The fourth-order valence-corrected chi connectivity index (χ4v) is 3.02. The molecule has 0 fully saturated rings. The maximum absolute atomic E-state index is 12.1. The highest BCUT2D eigenvalue weighted by atomic mass is 32.1. The lowest BCUT2D eigenvalue weighted by Crippen LogP contribution is -2.11. The molecule has 1 aliphatic rings. The molecule has 0 aliphatic heterocycles. The molecule has 0 bridgehead atoms. The monoisotopic (exact) mass is 249 g/mol. The molecular weight excluding hydrogens is 230 g/mol. The van der Waals surface area contributed by atoms with Crippen LogP contribution in [-0.2, 0) is 11.2 Å². The van der Waals surface area contributed by atoms with Crippen LogP contribution in [0.1, 0.15) is 41.8 Å². The van der Waals surface area contributed by atoms with Gasteiger partial charge in [0.05, 0.1) is 12.1 Å². The summed E-state index contributed by atoms with van der Waals surface area (Å²) >= 11 is 1.65. The maximum Gasteiger partial charge on any atom is 0.165 e. The highest BCUT2D eigenvalue weighted by Gasteiger charge is 2.17. The number of allylic oxidation sites excluding steroid dienone is 2. The van der Waals surface area contributed by atoms with E-state index >= 15 is 0 Å². The molecule has 17 heavy (non-hydrogen) atoms. The molecule has 1 aromatic rings. The first-order valence-corrected chi connectivity index (χ1v) is 7.03. The summed E-state index contributed by atoms with van der Waals surface area (Å²) in [5.74, 6) is 1.00. The molecule has 2 rings (SSSR count). The largest absolute Gasteiger partial charge is 0.294 e. The zero-order chi connectivity index (χ0) is 12.4. The Morgan fingerprint density at radius 2 is 2.29 bits per heavy atom. The van der Waals surface area contributed by atoms with Crippen molar-refractivity contribution in [2.75, 3.05) is 0 Å². The first-order valence-electron chi connectivity index (χ1n) is 6.21. The highest BCUT2D eigenvalue weighted by Crippen LogP contribution is 2.25. The quantitative estimate of drug-likeness (QED) is 0.819. The molecule has 1 unspecified atom stereocenters. The second-order valence-corrected chi connectivity index (χ2v) is 6.25.